The fourth-order valence-electron chi connectivity index (χ4n) is 0.622. The van der Waals surface area contributed by atoms with Crippen LogP contribution in [0.15, 0.2) is 4.21 Å². The second kappa shape index (κ2) is 3.40. The third-order valence-corrected chi connectivity index (χ3v) is 4.08. The molecule has 0 amide bonds. The maximum atomic E-state index is 11.5. The highest BCUT2D eigenvalue weighted by Gasteiger charge is 2.14. The van der Waals surface area contributed by atoms with Gasteiger partial charge in [-0.15, -0.1) is 5.10 Å². The summed E-state index contributed by atoms with van der Waals surface area (Å²) in [5, 5.41) is 3.94. The summed E-state index contributed by atoms with van der Waals surface area (Å²) in [7, 11) is -0.922. The quantitative estimate of drug-likeness (QED) is 0.707. The van der Waals surface area contributed by atoms with Crippen molar-refractivity contribution in [1.29, 1.82) is 0 Å². The van der Waals surface area contributed by atoms with Gasteiger partial charge in [0.25, 0.3) is 0 Å². The minimum Gasteiger partial charge on any atom is -0.253 e. The van der Waals surface area contributed by atoms with Gasteiger partial charge in [0.05, 0.1) is 16.5 Å². The lowest BCUT2D eigenvalue weighted by Gasteiger charge is -2.00. The number of hydrogen-bond acceptors (Lipinski definition) is 4. The van der Waals surface area contributed by atoms with E-state index in [0.29, 0.717) is 0 Å². The van der Waals surface area contributed by atoms with Crippen LogP contribution in [0.2, 0.25) is 0 Å². The zero-order valence-corrected chi connectivity index (χ0v) is 8.33. The van der Waals surface area contributed by atoms with Gasteiger partial charge >= 0.3 is 0 Å². The number of nitrogens with zero attached hydrogens (tertiary/aromatic N) is 2. The average Bonchev–Trinajstić information content (AvgIpc) is 2.33. The van der Waals surface area contributed by atoms with Crippen LogP contribution in [-0.2, 0) is 10.8 Å². The van der Waals surface area contributed by atoms with Gasteiger partial charge in [-0.3, -0.25) is 4.21 Å². The highest BCUT2D eigenvalue weighted by atomic mass is 32.2. The van der Waals surface area contributed by atoms with E-state index in [1.54, 1.807) is 0 Å². The molecule has 1 aromatic rings. The van der Waals surface area contributed by atoms with Gasteiger partial charge in [-0.25, -0.2) is 0 Å². The molecule has 1 aromatic heterocycles. The number of rotatable bonds is 2. The molecule has 3 nitrogen and oxygen atoms in total. The fraction of sp³-hybridized carbons (Fsp3) is 0.667. The Hall–Kier alpha value is -0.290. The molecule has 0 radical (unpaired) electrons. The summed E-state index contributed by atoms with van der Waals surface area (Å²) in [4.78, 5) is 0. The minimum absolute atomic E-state index is 0.149. The van der Waals surface area contributed by atoms with Crippen LogP contribution < -0.4 is 0 Å². The first kappa shape index (κ1) is 8.80. The molecule has 0 N–H and O–H groups in total. The van der Waals surface area contributed by atoms with Crippen LogP contribution in [0.5, 0.6) is 0 Å². The van der Waals surface area contributed by atoms with Crippen LogP contribution in [-0.4, -0.2) is 19.0 Å². The molecule has 0 bridgehead atoms. The molecule has 11 heavy (non-hydrogen) atoms. The van der Waals surface area contributed by atoms with Crippen LogP contribution in [0.3, 0.4) is 0 Å². The first-order valence-corrected chi connectivity index (χ1v) is 5.31. The molecule has 1 heterocycles. The number of aryl methyl sites for hydroxylation is 1. The van der Waals surface area contributed by atoms with Crippen LogP contribution in [0.4, 0.5) is 0 Å². The van der Waals surface area contributed by atoms with Crippen molar-refractivity contribution in [3.8, 4) is 0 Å². The smallest absolute Gasteiger partial charge is 0.135 e. The van der Waals surface area contributed by atoms with Gasteiger partial charge in [0, 0.05) is 5.25 Å². The van der Waals surface area contributed by atoms with Gasteiger partial charge in [-0.05, 0) is 18.5 Å². The number of aromatic nitrogens is 2. The van der Waals surface area contributed by atoms with E-state index in [1.807, 2.05) is 20.8 Å². The largest absolute Gasteiger partial charge is 0.253 e. The lowest BCUT2D eigenvalue weighted by Crippen LogP contribution is -2.05. The molecule has 0 spiro atoms. The van der Waals surface area contributed by atoms with Gasteiger partial charge in [0.1, 0.15) is 4.21 Å². The molecule has 0 aromatic carbocycles. The SMILES string of the molecule is Cc1nnsc1[S@](=O)C(C)C. The zero-order chi connectivity index (χ0) is 8.43. The standard InChI is InChI=1S/C6H10N2OS2/c1-4(2)11(9)6-5(3)7-8-10-6/h4H,1-3H3/t11-/m1/s1. The summed E-state index contributed by atoms with van der Waals surface area (Å²) in [5.74, 6) is 0. The Morgan fingerprint density at radius 1 is 1.55 bits per heavy atom. The van der Waals surface area contributed by atoms with Crippen LogP contribution in [0, 0.1) is 6.92 Å². The van der Waals surface area contributed by atoms with E-state index in [1.165, 1.54) is 11.5 Å². The Morgan fingerprint density at radius 3 is 2.55 bits per heavy atom. The fourth-order valence-corrected chi connectivity index (χ4v) is 2.76. The topological polar surface area (TPSA) is 42.9 Å². The Balaban J connectivity index is 2.93. The molecular formula is C6H10N2OS2. The molecule has 0 aliphatic heterocycles. The molecule has 62 valence electrons. The molecule has 5 heteroatoms. The molecule has 1 rings (SSSR count). The van der Waals surface area contributed by atoms with Gasteiger partial charge in [0.2, 0.25) is 0 Å². The summed E-state index contributed by atoms with van der Waals surface area (Å²) >= 11 is 1.22. The first-order valence-electron chi connectivity index (χ1n) is 3.32. The molecule has 0 fully saturated rings. The summed E-state index contributed by atoms with van der Waals surface area (Å²) in [6.45, 7) is 5.68. The van der Waals surface area contributed by atoms with Crippen LogP contribution >= 0.6 is 11.5 Å². The van der Waals surface area contributed by atoms with Crippen molar-refractivity contribution >= 4 is 22.3 Å². The van der Waals surface area contributed by atoms with E-state index in [9.17, 15) is 4.21 Å². The molecule has 0 aliphatic rings. The lowest BCUT2D eigenvalue weighted by atomic mass is 10.6. The third-order valence-electron chi connectivity index (χ3n) is 1.22. The molecular weight excluding hydrogens is 180 g/mol. The molecule has 0 saturated carbocycles. The van der Waals surface area contributed by atoms with Crippen molar-refractivity contribution in [3.63, 3.8) is 0 Å². The second-order valence-electron chi connectivity index (χ2n) is 2.49. The summed E-state index contributed by atoms with van der Waals surface area (Å²) < 4.78 is 16.0. The molecule has 0 unspecified atom stereocenters. The maximum Gasteiger partial charge on any atom is 0.135 e. The Labute approximate surface area is 72.5 Å². The number of hydrogen-bond donors (Lipinski definition) is 0. The molecule has 0 aliphatic carbocycles. The monoisotopic (exact) mass is 190 g/mol. The van der Waals surface area contributed by atoms with Crippen molar-refractivity contribution in [1.82, 2.24) is 9.59 Å². The maximum absolute atomic E-state index is 11.5. The van der Waals surface area contributed by atoms with Gasteiger partial charge in [-0.2, -0.15) is 0 Å². The van der Waals surface area contributed by atoms with Crippen molar-refractivity contribution in [3.05, 3.63) is 5.69 Å². The average molecular weight is 190 g/mol. The highest BCUT2D eigenvalue weighted by molar-refractivity contribution is 7.87. The predicted octanol–water partition coefficient (Wildman–Crippen LogP) is 1.36. The Bertz CT molecular complexity index is 269. The van der Waals surface area contributed by atoms with E-state index in [2.05, 4.69) is 9.59 Å². The van der Waals surface area contributed by atoms with E-state index in [4.69, 9.17) is 0 Å². The van der Waals surface area contributed by atoms with Crippen molar-refractivity contribution in [2.24, 2.45) is 0 Å². The molecule has 0 saturated heterocycles. The van der Waals surface area contributed by atoms with Gasteiger partial charge < -0.3 is 0 Å². The normalized spacial score (nSPS) is 13.8. The van der Waals surface area contributed by atoms with Crippen LogP contribution in [0.1, 0.15) is 19.5 Å². The van der Waals surface area contributed by atoms with E-state index >= 15 is 0 Å². The van der Waals surface area contributed by atoms with Crippen molar-refractivity contribution in [2.75, 3.05) is 0 Å². The Morgan fingerprint density at radius 2 is 2.18 bits per heavy atom. The second-order valence-corrected chi connectivity index (χ2v) is 5.45. The van der Waals surface area contributed by atoms with E-state index < -0.39 is 10.8 Å². The van der Waals surface area contributed by atoms with Gasteiger partial charge in [0.15, 0.2) is 0 Å². The summed E-state index contributed by atoms with van der Waals surface area (Å²) in [6.07, 6.45) is 0. The summed E-state index contributed by atoms with van der Waals surface area (Å²) in [6, 6.07) is 0. The van der Waals surface area contributed by atoms with Crippen LogP contribution in [0.25, 0.3) is 0 Å². The van der Waals surface area contributed by atoms with E-state index in [0.717, 1.165) is 9.90 Å². The molecule has 1 atom stereocenters. The van der Waals surface area contributed by atoms with Gasteiger partial charge in [-0.1, -0.05) is 18.3 Å². The third kappa shape index (κ3) is 1.84. The minimum atomic E-state index is -0.922. The predicted molar refractivity (Wildman–Crippen MR) is 46.2 cm³/mol. The van der Waals surface area contributed by atoms with Crippen molar-refractivity contribution < 1.29 is 4.21 Å². The highest BCUT2D eigenvalue weighted by Crippen LogP contribution is 2.17. The zero-order valence-electron chi connectivity index (χ0n) is 6.70. The lowest BCUT2D eigenvalue weighted by molar-refractivity contribution is 0.677. The first-order chi connectivity index (χ1) is 5.13. The van der Waals surface area contributed by atoms with Crippen molar-refractivity contribution in [2.45, 2.75) is 30.2 Å². The summed E-state index contributed by atoms with van der Waals surface area (Å²) in [5.41, 5.74) is 0.794. The van der Waals surface area contributed by atoms with E-state index in [-0.39, 0.29) is 5.25 Å². The Kier molecular flexibility index (Phi) is 2.72.